The molecule has 4 aliphatic rings. The third-order valence-electron chi connectivity index (χ3n) is 5.80. The summed E-state index contributed by atoms with van der Waals surface area (Å²) in [5.41, 5.74) is 6.06. The lowest BCUT2D eigenvalue weighted by Crippen LogP contribution is -2.48. The molecule has 5 rings (SSSR count). The second kappa shape index (κ2) is 4.05. The van der Waals surface area contributed by atoms with Gasteiger partial charge in [-0.05, 0) is 61.7 Å². The molecule has 0 aliphatic heterocycles. The first kappa shape index (κ1) is 11.0. The van der Waals surface area contributed by atoms with E-state index in [0.29, 0.717) is 12.5 Å². The zero-order valence-corrected chi connectivity index (χ0v) is 10.8. The van der Waals surface area contributed by atoms with E-state index < -0.39 is 0 Å². The van der Waals surface area contributed by atoms with E-state index in [4.69, 9.17) is 5.73 Å². The second-order valence-electron chi connectivity index (χ2n) is 6.72. The van der Waals surface area contributed by atoms with Crippen molar-refractivity contribution in [2.24, 2.45) is 35.3 Å². The highest BCUT2D eigenvalue weighted by molar-refractivity contribution is 5.07. The minimum absolute atomic E-state index is 0.405. The van der Waals surface area contributed by atoms with E-state index in [2.05, 4.69) is 15.2 Å². The van der Waals surface area contributed by atoms with Gasteiger partial charge in [-0.2, -0.15) is 5.10 Å². The summed E-state index contributed by atoms with van der Waals surface area (Å²) in [6, 6.07) is 0. The highest BCUT2D eigenvalue weighted by atomic mass is 15.2. The van der Waals surface area contributed by atoms with Crippen LogP contribution in [0.3, 0.4) is 0 Å². The summed E-state index contributed by atoms with van der Waals surface area (Å²) in [5.74, 6) is 6.04. The van der Waals surface area contributed by atoms with Gasteiger partial charge in [0.05, 0.1) is 0 Å². The van der Waals surface area contributed by atoms with E-state index in [0.717, 1.165) is 35.4 Å². The lowest BCUT2D eigenvalue weighted by atomic mass is 9.49. The second-order valence-corrected chi connectivity index (χ2v) is 6.72. The van der Waals surface area contributed by atoms with Gasteiger partial charge in [-0.1, -0.05) is 0 Å². The van der Waals surface area contributed by atoms with Crippen molar-refractivity contribution >= 4 is 0 Å². The molecule has 0 aromatic carbocycles. The number of rotatable bonds is 3. The highest BCUT2D eigenvalue weighted by Gasteiger charge is 2.50. The fourth-order valence-corrected chi connectivity index (χ4v) is 5.47. The Labute approximate surface area is 108 Å². The fraction of sp³-hybridized carbons (Fsp3) is 0.857. The van der Waals surface area contributed by atoms with Crippen LogP contribution in [0.1, 0.15) is 43.8 Å². The number of H-pyrrole nitrogens is 1. The Kier molecular flexibility index (Phi) is 2.47. The summed E-state index contributed by atoms with van der Waals surface area (Å²) < 4.78 is 0. The van der Waals surface area contributed by atoms with Crippen LogP contribution in [0.2, 0.25) is 0 Å². The molecule has 4 heteroatoms. The molecular weight excluding hydrogens is 224 g/mol. The monoisotopic (exact) mass is 246 g/mol. The van der Waals surface area contributed by atoms with Crippen molar-refractivity contribution in [3.8, 4) is 0 Å². The predicted octanol–water partition coefficient (Wildman–Crippen LogP) is 1.92. The molecule has 18 heavy (non-hydrogen) atoms. The molecule has 0 amide bonds. The van der Waals surface area contributed by atoms with E-state index in [1.165, 1.54) is 32.1 Å². The van der Waals surface area contributed by atoms with Crippen molar-refractivity contribution in [3.63, 3.8) is 0 Å². The van der Waals surface area contributed by atoms with Gasteiger partial charge in [-0.3, -0.25) is 5.10 Å². The molecule has 4 bridgehead atoms. The van der Waals surface area contributed by atoms with E-state index >= 15 is 0 Å². The third kappa shape index (κ3) is 1.54. The molecule has 98 valence electrons. The van der Waals surface area contributed by atoms with Crippen LogP contribution in [0.4, 0.5) is 0 Å². The number of nitrogens with zero attached hydrogens (tertiary/aromatic N) is 2. The number of aromatic nitrogens is 3. The number of nitrogens with one attached hydrogen (secondary N) is 1. The van der Waals surface area contributed by atoms with E-state index in [1.807, 2.05) is 0 Å². The van der Waals surface area contributed by atoms with Gasteiger partial charge >= 0.3 is 0 Å². The first-order valence-electron chi connectivity index (χ1n) is 7.40. The van der Waals surface area contributed by atoms with Crippen LogP contribution in [-0.4, -0.2) is 21.7 Å². The van der Waals surface area contributed by atoms with Gasteiger partial charge in [0.15, 0.2) is 0 Å². The van der Waals surface area contributed by atoms with Crippen LogP contribution < -0.4 is 5.73 Å². The Bertz CT molecular complexity index is 385. The van der Waals surface area contributed by atoms with Gasteiger partial charge in [0.25, 0.3) is 0 Å². The summed E-state index contributed by atoms with van der Waals surface area (Å²) >= 11 is 0. The molecule has 1 atom stereocenters. The molecule has 1 aromatic rings. The molecule has 0 spiro atoms. The maximum Gasteiger partial charge on any atom is 0.137 e. The number of aromatic amines is 1. The zero-order valence-electron chi connectivity index (χ0n) is 10.8. The largest absolute Gasteiger partial charge is 0.330 e. The first-order chi connectivity index (χ1) is 8.85. The smallest absolute Gasteiger partial charge is 0.137 e. The predicted molar refractivity (Wildman–Crippen MR) is 68.7 cm³/mol. The fourth-order valence-electron chi connectivity index (χ4n) is 5.47. The van der Waals surface area contributed by atoms with Crippen molar-refractivity contribution in [2.75, 3.05) is 6.54 Å². The molecule has 1 unspecified atom stereocenters. The van der Waals surface area contributed by atoms with Crippen LogP contribution in [-0.2, 0) is 0 Å². The van der Waals surface area contributed by atoms with Crippen LogP contribution >= 0.6 is 0 Å². The molecular formula is C14H22N4. The zero-order chi connectivity index (χ0) is 12.1. The summed E-state index contributed by atoms with van der Waals surface area (Å²) in [6.07, 6.45) is 8.92. The Hall–Kier alpha value is -0.900. The van der Waals surface area contributed by atoms with Crippen LogP contribution in [0.5, 0.6) is 0 Å². The van der Waals surface area contributed by atoms with Crippen molar-refractivity contribution in [1.29, 1.82) is 0 Å². The van der Waals surface area contributed by atoms with Crippen molar-refractivity contribution in [3.05, 3.63) is 12.2 Å². The molecule has 1 aromatic heterocycles. The molecule has 1 heterocycles. The maximum atomic E-state index is 6.06. The van der Waals surface area contributed by atoms with Gasteiger partial charge < -0.3 is 5.73 Å². The molecule has 4 nitrogen and oxygen atoms in total. The maximum absolute atomic E-state index is 6.06. The third-order valence-corrected chi connectivity index (χ3v) is 5.80. The molecule has 3 N–H and O–H groups in total. The van der Waals surface area contributed by atoms with Gasteiger partial charge in [-0.25, -0.2) is 4.98 Å². The molecule has 4 saturated carbocycles. The summed E-state index contributed by atoms with van der Waals surface area (Å²) in [7, 11) is 0. The number of hydrogen-bond donors (Lipinski definition) is 2. The molecule has 0 radical (unpaired) electrons. The van der Waals surface area contributed by atoms with Gasteiger partial charge in [0.1, 0.15) is 12.2 Å². The van der Waals surface area contributed by atoms with E-state index in [-0.39, 0.29) is 0 Å². The standard InChI is InChI=1S/C14H22N4/c15-6-12(14-16-7-17-18-14)13-10-2-8-1-9(4-10)5-11(13)3-8/h7-13H,1-6,15H2,(H,16,17,18). The van der Waals surface area contributed by atoms with Gasteiger partial charge in [-0.15, -0.1) is 0 Å². The van der Waals surface area contributed by atoms with Crippen molar-refractivity contribution < 1.29 is 0 Å². The van der Waals surface area contributed by atoms with Crippen molar-refractivity contribution in [2.45, 2.75) is 38.0 Å². The Morgan fingerprint density at radius 1 is 1.17 bits per heavy atom. The van der Waals surface area contributed by atoms with Crippen LogP contribution in [0, 0.1) is 29.6 Å². The number of hydrogen-bond acceptors (Lipinski definition) is 3. The molecule has 4 aliphatic carbocycles. The van der Waals surface area contributed by atoms with E-state index in [1.54, 1.807) is 6.33 Å². The highest BCUT2D eigenvalue weighted by Crippen LogP contribution is 2.59. The van der Waals surface area contributed by atoms with Gasteiger partial charge in [0.2, 0.25) is 0 Å². The average molecular weight is 246 g/mol. The normalized spacial score (nSPS) is 43.3. The number of nitrogens with two attached hydrogens (primary N) is 1. The van der Waals surface area contributed by atoms with E-state index in [9.17, 15) is 0 Å². The van der Waals surface area contributed by atoms with Crippen molar-refractivity contribution in [1.82, 2.24) is 15.2 Å². The SMILES string of the molecule is NCC(c1ncn[nH]1)C1C2CC3CC(C2)CC1C3. The minimum Gasteiger partial charge on any atom is -0.330 e. The lowest BCUT2D eigenvalue weighted by molar-refractivity contribution is -0.0477. The Morgan fingerprint density at radius 3 is 2.33 bits per heavy atom. The Morgan fingerprint density at radius 2 is 1.83 bits per heavy atom. The molecule has 0 saturated heterocycles. The summed E-state index contributed by atoms with van der Waals surface area (Å²) in [4.78, 5) is 4.37. The average Bonchev–Trinajstić information content (AvgIpc) is 2.86. The minimum atomic E-state index is 0.405. The topological polar surface area (TPSA) is 67.6 Å². The first-order valence-corrected chi connectivity index (χ1v) is 7.40. The Balaban J connectivity index is 1.64. The quantitative estimate of drug-likeness (QED) is 0.856. The van der Waals surface area contributed by atoms with Crippen LogP contribution in [0.15, 0.2) is 6.33 Å². The summed E-state index contributed by atoms with van der Waals surface area (Å²) in [6.45, 7) is 0.711. The van der Waals surface area contributed by atoms with Gasteiger partial charge in [0, 0.05) is 12.5 Å². The molecule has 4 fully saturated rings. The summed E-state index contributed by atoms with van der Waals surface area (Å²) in [5, 5.41) is 7.07. The van der Waals surface area contributed by atoms with Crippen LogP contribution in [0.25, 0.3) is 0 Å². The lowest BCUT2D eigenvalue weighted by Gasteiger charge is -2.56.